The number of aromatic nitrogens is 3. The molecular weight excluding hydrogens is 248 g/mol. The lowest BCUT2D eigenvalue weighted by Crippen LogP contribution is -2.21. The molecule has 19 heavy (non-hydrogen) atoms. The number of fused-ring (bicyclic) bond motifs is 1. The van der Waals surface area contributed by atoms with Crippen molar-refractivity contribution in [2.24, 2.45) is 12.8 Å². The molecule has 0 aromatic carbocycles. The molecule has 0 saturated carbocycles. The van der Waals surface area contributed by atoms with Crippen LogP contribution in [0.1, 0.15) is 17.2 Å². The molecule has 0 saturated heterocycles. The number of nitrogens with two attached hydrogens (primary N) is 1. The molecule has 7 heteroatoms. The summed E-state index contributed by atoms with van der Waals surface area (Å²) in [6.45, 7) is 1.84. The van der Waals surface area contributed by atoms with Gasteiger partial charge in [-0.25, -0.2) is 0 Å². The standard InChI is InChI=1S/C12H16N4O3/c1-6-10-9(15-12(14-6)19-3)8(5-16(10)2)7(4-13)11(17)18/h5,7H,4,13H2,1-3H3,(H,17,18). The van der Waals surface area contributed by atoms with Crippen LogP contribution in [-0.2, 0) is 11.8 Å². The van der Waals surface area contributed by atoms with E-state index in [0.717, 1.165) is 11.2 Å². The first-order valence-corrected chi connectivity index (χ1v) is 5.80. The van der Waals surface area contributed by atoms with Crippen molar-refractivity contribution >= 4 is 17.0 Å². The zero-order chi connectivity index (χ0) is 14.2. The zero-order valence-corrected chi connectivity index (χ0v) is 11.0. The molecule has 1 atom stereocenters. The molecule has 0 spiro atoms. The summed E-state index contributed by atoms with van der Waals surface area (Å²) >= 11 is 0. The molecule has 7 nitrogen and oxygen atoms in total. The van der Waals surface area contributed by atoms with E-state index in [1.165, 1.54) is 7.11 Å². The van der Waals surface area contributed by atoms with Crippen LogP contribution in [0.15, 0.2) is 6.20 Å². The fourth-order valence-electron chi connectivity index (χ4n) is 2.21. The van der Waals surface area contributed by atoms with Crippen LogP contribution in [0.25, 0.3) is 11.0 Å². The molecular formula is C12H16N4O3. The zero-order valence-electron chi connectivity index (χ0n) is 11.0. The van der Waals surface area contributed by atoms with E-state index < -0.39 is 11.9 Å². The number of carbonyl (C=O) groups is 1. The van der Waals surface area contributed by atoms with Crippen LogP contribution in [0, 0.1) is 6.92 Å². The maximum Gasteiger partial charge on any atom is 0.317 e. The minimum atomic E-state index is -0.967. The minimum Gasteiger partial charge on any atom is -0.481 e. The van der Waals surface area contributed by atoms with Gasteiger partial charge in [-0.05, 0) is 6.92 Å². The Morgan fingerprint density at radius 1 is 1.58 bits per heavy atom. The predicted molar refractivity (Wildman–Crippen MR) is 69.2 cm³/mol. The second-order valence-electron chi connectivity index (χ2n) is 4.31. The first kappa shape index (κ1) is 13.3. The van der Waals surface area contributed by atoms with Gasteiger partial charge in [-0.2, -0.15) is 9.97 Å². The number of aliphatic carboxylic acids is 1. The van der Waals surface area contributed by atoms with E-state index in [1.807, 2.05) is 18.5 Å². The summed E-state index contributed by atoms with van der Waals surface area (Å²) in [5.41, 5.74) is 8.22. The van der Waals surface area contributed by atoms with E-state index in [4.69, 9.17) is 10.5 Å². The Morgan fingerprint density at radius 3 is 2.79 bits per heavy atom. The van der Waals surface area contributed by atoms with Crippen molar-refractivity contribution in [3.63, 3.8) is 0 Å². The fourth-order valence-corrected chi connectivity index (χ4v) is 2.21. The average molecular weight is 264 g/mol. The van der Waals surface area contributed by atoms with E-state index >= 15 is 0 Å². The third kappa shape index (κ3) is 2.12. The monoisotopic (exact) mass is 264 g/mol. The second kappa shape index (κ2) is 4.85. The van der Waals surface area contributed by atoms with Crippen LogP contribution in [0.2, 0.25) is 0 Å². The molecule has 2 aromatic rings. The first-order valence-electron chi connectivity index (χ1n) is 5.80. The third-order valence-electron chi connectivity index (χ3n) is 3.09. The van der Waals surface area contributed by atoms with Gasteiger partial charge in [-0.15, -0.1) is 0 Å². The predicted octanol–water partition coefficient (Wildman–Crippen LogP) is 0.412. The van der Waals surface area contributed by atoms with Crippen molar-refractivity contribution in [1.29, 1.82) is 0 Å². The maximum atomic E-state index is 11.3. The highest BCUT2D eigenvalue weighted by molar-refractivity contribution is 5.88. The Balaban J connectivity index is 2.75. The number of carboxylic acid groups (broad SMARTS) is 1. The summed E-state index contributed by atoms with van der Waals surface area (Å²) in [4.78, 5) is 19.7. The molecule has 2 aromatic heterocycles. The summed E-state index contributed by atoms with van der Waals surface area (Å²) in [6, 6.07) is 0.221. The lowest BCUT2D eigenvalue weighted by molar-refractivity contribution is -0.138. The molecule has 0 fully saturated rings. The lowest BCUT2D eigenvalue weighted by Gasteiger charge is -2.08. The Hall–Kier alpha value is -2.15. The highest BCUT2D eigenvalue weighted by Crippen LogP contribution is 2.28. The van der Waals surface area contributed by atoms with Crippen molar-refractivity contribution < 1.29 is 14.6 Å². The van der Waals surface area contributed by atoms with Crippen molar-refractivity contribution in [3.8, 4) is 6.01 Å². The summed E-state index contributed by atoms with van der Waals surface area (Å²) in [7, 11) is 3.30. The molecule has 0 radical (unpaired) electrons. The van der Waals surface area contributed by atoms with Crippen molar-refractivity contribution in [3.05, 3.63) is 17.5 Å². The molecule has 102 valence electrons. The second-order valence-corrected chi connectivity index (χ2v) is 4.31. The molecule has 0 aliphatic carbocycles. The molecule has 2 rings (SSSR count). The quantitative estimate of drug-likeness (QED) is 0.829. The molecule has 0 amide bonds. The third-order valence-corrected chi connectivity index (χ3v) is 3.09. The Bertz CT molecular complexity index is 635. The van der Waals surface area contributed by atoms with Gasteiger partial charge in [0.2, 0.25) is 0 Å². The van der Waals surface area contributed by atoms with Crippen LogP contribution in [0.4, 0.5) is 0 Å². The van der Waals surface area contributed by atoms with Crippen LogP contribution in [0.3, 0.4) is 0 Å². The van der Waals surface area contributed by atoms with E-state index in [1.54, 1.807) is 6.20 Å². The lowest BCUT2D eigenvalue weighted by atomic mass is 10.0. The van der Waals surface area contributed by atoms with Gasteiger partial charge >= 0.3 is 12.0 Å². The Kier molecular flexibility index (Phi) is 3.39. The van der Waals surface area contributed by atoms with E-state index in [0.29, 0.717) is 11.1 Å². The molecule has 3 N–H and O–H groups in total. The number of carboxylic acids is 1. The van der Waals surface area contributed by atoms with E-state index in [2.05, 4.69) is 9.97 Å². The Labute approximate surface area is 110 Å². The van der Waals surface area contributed by atoms with Gasteiger partial charge in [-0.1, -0.05) is 0 Å². The van der Waals surface area contributed by atoms with Crippen LogP contribution in [-0.4, -0.2) is 39.3 Å². The minimum absolute atomic E-state index is 0.0137. The normalized spacial score (nSPS) is 12.6. The SMILES string of the molecule is COc1nc(C)c2c(n1)c(C(CN)C(=O)O)cn2C. The highest BCUT2D eigenvalue weighted by atomic mass is 16.5. The van der Waals surface area contributed by atoms with Crippen LogP contribution < -0.4 is 10.5 Å². The van der Waals surface area contributed by atoms with Gasteiger partial charge in [0, 0.05) is 25.4 Å². The van der Waals surface area contributed by atoms with Crippen molar-refractivity contribution in [1.82, 2.24) is 14.5 Å². The van der Waals surface area contributed by atoms with E-state index in [9.17, 15) is 9.90 Å². The van der Waals surface area contributed by atoms with Gasteiger partial charge in [-0.3, -0.25) is 4.79 Å². The number of hydrogen-bond donors (Lipinski definition) is 2. The number of hydrogen-bond acceptors (Lipinski definition) is 5. The summed E-state index contributed by atoms with van der Waals surface area (Å²) < 4.78 is 6.84. The van der Waals surface area contributed by atoms with Gasteiger partial charge in [0.1, 0.15) is 0 Å². The van der Waals surface area contributed by atoms with Crippen molar-refractivity contribution in [2.45, 2.75) is 12.8 Å². The fraction of sp³-hybridized carbons (Fsp3) is 0.417. The summed E-state index contributed by atoms with van der Waals surface area (Å²) in [5.74, 6) is -1.76. The molecule has 0 aliphatic rings. The molecule has 0 aliphatic heterocycles. The number of rotatable bonds is 4. The number of methoxy groups -OCH3 is 1. The highest BCUT2D eigenvalue weighted by Gasteiger charge is 2.24. The topological polar surface area (TPSA) is 103 Å². The van der Waals surface area contributed by atoms with Gasteiger partial charge < -0.3 is 20.1 Å². The van der Waals surface area contributed by atoms with Crippen LogP contribution >= 0.6 is 0 Å². The number of ether oxygens (including phenoxy) is 1. The molecule has 1 unspecified atom stereocenters. The van der Waals surface area contributed by atoms with Gasteiger partial charge in [0.15, 0.2) is 0 Å². The summed E-state index contributed by atoms with van der Waals surface area (Å²) in [5, 5.41) is 9.23. The smallest absolute Gasteiger partial charge is 0.317 e. The van der Waals surface area contributed by atoms with Crippen molar-refractivity contribution in [2.75, 3.05) is 13.7 Å². The number of aryl methyl sites for hydroxylation is 2. The maximum absolute atomic E-state index is 11.3. The average Bonchev–Trinajstić information content (AvgIpc) is 2.67. The largest absolute Gasteiger partial charge is 0.481 e. The van der Waals surface area contributed by atoms with Gasteiger partial charge in [0.05, 0.1) is 29.8 Å². The van der Waals surface area contributed by atoms with Gasteiger partial charge in [0.25, 0.3) is 0 Å². The Morgan fingerprint density at radius 2 is 2.26 bits per heavy atom. The molecule has 2 heterocycles. The van der Waals surface area contributed by atoms with Crippen LogP contribution in [0.5, 0.6) is 6.01 Å². The van der Waals surface area contributed by atoms with E-state index in [-0.39, 0.29) is 12.6 Å². The summed E-state index contributed by atoms with van der Waals surface area (Å²) in [6.07, 6.45) is 1.73. The first-order chi connectivity index (χ1) is 8.99. The number of nitrogens with zero attached hydrogens (tertiary/aromatic N) is 3. The molecule has 0 bridgehead atoms.